The van der Waals surface area contributed by atoms with E-state index in [1.165, 1.54) is 6.26 Å². The lowest BCUT2D eigenvalue weighted by atomic mass is 10.0. The van der Waals surface area contributed by atoms with Crippen LogP contribution in [0, 0.1) is 0 Å². The van der Waals surface area contributed by atoms with Crippen LogP contribution in [0.4, 0.5) is 5.69 Å². The highest BCUT2D eigenvalue weighted by molar-refractivity contribution is 5.99. The van der Waals surface area contributed by atoms with Gasteiger partial charge in [0.1, 0.15) is 0 Å². The van der Waals surface area contributed by atoms with Crippen molar-refractivity contribution in [2.45, 2.75) is 31.7 Å². The number of hydrogen-bond acceptors (Lipinski definition) is 4. The smallest absolute Gasteiger partial charge is 0.289 e. The van der Waals surface area contributed by atoms with Crippen molar-refractivity contribution in [2.75, 3.05) is 24.5 Å². The molecule has 0 radical (unpaired) electrons. The van der Waals surface area contributed by atoms with Crippen LogP contribution in [0.1, 0.15) is 46.6 Å². The van der Waals surface area contributed by atoms with E-state index in [0.717, 1.165) is 12.1 Å². The zero-order valence-corrected chi connectivity index (χ0v) is 15.6. The van der Waals surface area contributed by atoms with Gasteiger partial charge in [0.15, 0.2) is 5.76 Å². The molecule has 2 fully saturated rings. The fourth-order valence-electron chi connectivity index (χ4n) is 3.79. The van der Waals surface area contributed by atoms with Crippen molar-refractivity contribution < 1.29 is 18.8 Å². The molecule has 7 nitrogen and oxygen atoms in total. The summed E-state index contributed by atoms with van der Waals surface area (Å²) in [4.78, 5) is 40.4. The predicted octanol–water partition coefficient (Wildman–Crippen LogP) is 2.44. The summed E-state index contributed by atoms with van der Waals surface area (Å²) in [7, 11) is 0. The number of carbonyl (C=O) groups excluding carboxylic acids is 3. The molecule has 0 bridgehead atoms. The van der Waals surface area contributed by atoms with Gasteiger partial charge in [-0.3, -0.25) is 14.4 Å². The van der Waals surface area contributed by atoms with E-state index in [1.807, 2.05) is 6.07 Å². The number of nitrogens with zero attached hydrogens (tertiary/aromatic N) is 2. The first-order valence-electron chi connectivity index (χ1n) is 9.66. The van der Waals surface area contributed by atoms with Crippen LogP contribution in [-0.2, 0) is 4.79 Å². The first kappa shape index (κ1) is 18.3. The molecule has 0 spiro atoms. The third-order valence-electron chi connectivity index (χ3n) is 5.34. The number of anilines is 1. The highest BCUT2D eigenvalue weighted by Crippen LogP contribution is 2.22. The molecule has 0 aliphatic carbocycles. The van der Waals surface area contributed by atoms with Crippen LogP contribution in [0.3, 0.4) is 0 Å². The highest BCUT2D eigenvalue weighted by Gasteiger charge is 2.26. The largest absolute Gasteiger partial charge is 0.459 e. The highest BCUT2D eigenvalue weighted by atomic mass is 16.3. The van der Waals surface area contributed by atoms with Crippen molar-refractivity contribution in [3.8, 4) is 0 Å². The number of amides is 3. The number of rotatable bonds is 4. The fourth-order valence-corrected chi connectivity index (χ4v) is 3.79. The minimum atomic E-state index is -0.149. The maximum atomic E-state index is 12.7. The molecule has 4 rings (SSSR count). The third-order valence-corrected chi connectivity index (χ3v) is 5.34. The normalized spacial score (nSPS) is 17.8. The molecule has 2 saturated heterocycles. The minimum absolute atomic E-state index is 0.0187. The van der Waals surface area contributed by atoms with Gasteiger partial charge < -0.3 is 19.5 Å². The van der Waals surface area contributed by atoms with Crippen molar-refractivity contribution in [1.29, 1.82) is 0 Å². The molecule has 2 aromatic rings. The summed E-state index contributed by atoms with van der Waals surface area (Å²) >= 11 is 0. The number of likely N-dealkylation sites (tertiary alicyclic amines) is 1. The van der Waals surface area contributed by atoms with Gasteiger partial charge in [-0.05, 0) is 49.6 Å². The Morgan fingerprint density at radius 1 is 1.07 bits per heavy atom. The fraction of sp³-hybridized carbons (Fsp3) is 0.381. The molecule has 1 aromatic carbocycles. The van der Waals surface area contributed by atoms with Crippen molar-refractivity contribution in [3.63, 3.8) is 0 Å². The van der Waals surface area contributed by atoms with Gasteiger partial charge in [-0.15, -0.1) is 0 Å². The molecule has 0 saturated carbocycles. The van der Waals surface area contributed by atoms with Crippen molar-refractivity contribution >= 4 is 23.4 Å². The second-order valence-electron chi connectivity index (χ2n) is 7.22. The minimum Gasteiger partial charge on any atom is -0.459 e. The van der Waals surface area contributed by atoms with E-state index in [9.17, 15) is 14.4 Å². The zero-order valence-electron chi connectivity index (χ0n) is 15.6. The van der Waals surface area contributed by atoms with E-state index in [1.54, 1.807) is 40.1 Å². The Labute approximate surface area is 163 Å². The first-order chi connectivity index (χ1) is 13.6. The SMILES string of the molecule is O=C(NC1CCN(C(=O)c2ccco2)CC1)c1cccc(N2CCCC2=O)c1. The van der Waals surface area contributed by atoms with Crippen LogP contribution in [-0.4, -0.2) is 48.3 Å². The van der Waals surface area contributed by atoms with Gasteiger partial charge in [0.05, 0.1) is 6.26 Å². The molecule has 3 amide bonds. The van der Waals surface area contributed by atoms with Gasteiger partial charge in [-0.2, -0.15) is 0 Å². The summed E-state index contributed by atoms with van der Waals surface area (Å²) in [6.45, 7) is 1.85. The van der Waals surface area contributed by atoms with Crippen molar-refractivity contribution in [3.05, 3.63) is 54.0 Å². The van der Waals surface area contributed by atoms with Crippen LogP contribution >= 0.6 is 0 Å². The lowest BCUT2D eigenvalue weighted by Crippen LogP contribution is -2.46. The Morgan fingerprint density at radius 2 is 1.89 bits per heavy atom. The topological polar surface area (TPSA) is 82.9 Å². The molecule has 0 unspecified atom stereocenters. The Kier molecular flexibility index (Phi) is 5.14. The molecule has 7 heteroatoms. The van der Waals surface area contributed by atoms with Crippen LogP contribution in [0.15, 0.2) is 47.1 Å². The van der Waals surface area contributed by atoms with E-state index in [0.29, 0.717) is 50.2 Å². The predicted molar refractivity (Wildman–Crippen MR) is 103 cm³/mol. The summed E-state index contributed by atoms with van der Waals surface area (Å²) in [5.41, 5.74) is 1.32. The molecule has 2 aliphatic rings. The molecule has 146 valence electrons. The van der Waals surface area contributed by atoms with E-state index >= 15 is 0 Å². The van der Waals surface area contributed by atoms with Gasteiger partial charge in [0.2, 0.25) is 5.91 Å². The molecular weight excluding hydrogens is 358 g/mol. The number of nitrogens with one attached hydrogen (secondary N) is 1. The quantitative estimate of drug-likeness (QED) is 0.882. The standard InChI is InChI=1S/C21H23N3O4/c25-19-7-2-10-24(19)17-5-1-4-15(14-17)20(26)22-16-8-11-23(12-9-16)21(27)18-6-3-13-28-18/h1,3-6,13-14,16H,2,7-12H2,(H,22,26). The van der Waals surface area contributed by atoms with Crippen LogP contribution < -0.4 is 10.2 Å². The number of hydrogen-bond donors (Lipinski definition) is 1. The lowest BCUT2D eigenvalue weighted by molar-refractivity contribution is -0.117. The average Bonchev–Trinajstić information content (AvgIpc) is 3.40. The number of piperidine rings is 1. The van der Waals surface area contributed by atoms with Gasteiger partial charge in [-0.25, -0.2) is 0 Å². The van der Waals surface area contributed by atoms with Crippen molar-refractivity contribution in [1.82, 2.24) is 10.2 Å². The molecule has 3 heterocycles. The third kappa shape index (κ3) is 3.78. The Hall–Kier alpha value is -3.09. The molecule has 1 aromatic heterocycles. The summed E-state index contributed by atoms with van der Waals surface area (Å²) in [6, 6.07) is 10.6. The molecular formula is C21H23N3O4. The maximum Gasteiger partial charge on any atom is 0.289 e. The molecule has 0 atom stereocenters. The number of carbonyl (C=O) groups is 3. The maximum absolute atomic E-state index is 12.7. The molecule has 28 heavy (non-hydrogen) atoms. The summed E-state index contributed by atoms with van der Waals surface area (Å²) in [6.07, 6.45) is 4.30. The molecule has 2 aliphatic heterocycles. The number of benzene rings is 1. The Bertz CT molecular complexity index is 870. The van der Waals surface area contributed by atoms with Crippen LogP contribution in [0.25, 0.3) is 0 Å². The first-order valence-corrected chi connectivity index (χ1v) is 9.66. The number of furan rings is 1. The van der Waals surface area contributed by atoms with E-state index in [-0.39, 0.29) is 23.8 Å². The van der Waals surface area contributed by atoms with Gasteiger partial charge in [-0.1, -0.05) is 6.07 Å². The lowest BCUT2D eigenvalue weighted by Gasteiger charge is -2.32. The van der Waals surface area contributed by atoms with E-state index in [2.05, 4.69) is 5.32 Å². The zero-order chi connectivity index (χ0) is 19.5. The Balaban J connectivity index is 1.33. The molecule has 1 N–H and O–H groups in total. The Morgan fingerprint density at radius 3 is 2.57 bits per heavy atom. The summed E-state index contributed by atoms with van der Waals surface area (Å²) in [5, 5.41) is 3.05. The van der Waals surface area contributed by atoms with Crippen LogP contribution in [0.2, 0.25) is 0 Å². The second kappa shape index (κ2) is 7.88. The van der Waals surface area contributed by atoms with E-state index in [4.69, 9.17) is 4.42 Å². The van der Waals surface area contributed by atoms with Crippen molar-refractivity contribution in [2.24, 2.45) is 0 Å². The monoisotopic (exact) mass is 381 g/mol. The van der Waals surface area contributed by atoms with Crippen LogP contribution in [0.5, 0.6) is 0 Å². The van der Waals surface area contributed by atoms with Gasteiger partial charge in [0, 0.05) is 43.3 Å². The van der Waals surface area contributed by atoms with Gasteiger partial charge >= 0.3 is 0 Å². The van der Waals surface area contributed by atoms with Gasteiger partial charge in [0.25, 0.3) is 11.8 Å². The average molecular weight is 381 g/mol. The summed E-state index contributed by atoms with van der Waals surface area (Å²) < 4.78 is 5.17. The summed E-state index contributed by atoms with van der Waals surface area (Å²) in [5.74, 6) is 0.184. The second-order valence-corrected chi connectivity index (χ2v) is 7.22. The van der Waals surface area contributed by atoms with E-state index < -0.39 is 0 Å².